The van der Waals surface area contributed by atoms with Crippen LogP contribution in [0, 0.1) is 0 Å². The number of urea groups is 1. The number of nitrogens with zero attached hydrogens (tertiary/aromatic N) is 4. The highest BCUT2D eigenvalue weighted by Gasteiger charge is 2.18. The van der Waals surface area contributed by atoms with E-state index in [9.17, 15) is 9.59 Å². The smallest absolute Gasteiger partial charge is 0.321 e. The highest BCUT2D eigenvalue weighted by molar-refractivity contribution is 7.99. The van der Waals surface area contributed by atoms with E-state index < -0.39 is 6.03 Å². The van der Waals surface area contributed by atoms with Crippen LogP contribution in [-0.4, -0.2) is 44.0 Å². The number of aromatic nitrogens is 4. The van der Waals surface area contributed by atoms with Gasteiger partial charge in [-0.05, 0) is 26.0 Å². The van der Waals surface area contributed by atoms with Gasteiger partial charge in [-0.15, -0.1) is 10.2 Å². The Morgan fingerprint density at radius 3 is 2.52 bits per heavy atom. The van der Waals surface area contributed by atoms with E-state index in [2.05, 4.69) is 20.8 Å². The number of nitrogens with one attached hydrogen (secondary N) is 2. The maximum absolute atomic E-state index is 12.1. The first-order chi connectivity index (χ1) is 16.1. The fourth-order valence-electron chi connectivity index (χ4n) is 3.49. The van der Waals surface area contributed by atoms with Crippen LogP contribution in [0.25, 0.3) is 33.5 Å². The van der Waals surface area contributed by atoms with Gasteiger partial charge in [-0.2, -0.15) is 0 Å². The molecule has 0 aliphatic carbocycles. The molecule has 0 spiro atoms. The minimum atomic E-state index is -0.502. The molecule has 9 heteroatoms. The molecule has 0 radical (unpaired) electrons. The van der Waals surface area contributed by atoms with Gasteiger partial charge < -0.3 is 9.88 Å². The summed E-state index contributed by atoms with van der Waals surface area (Å²) < 4.78 is 1.97. The van der Waals surface area contributed by atoms with Crippen molar-refractivity contribution in [3.8, 4) is 22.6 Å². The lowest BCUT2D eigenvalue weighted by Gasteiger charge is -2.12. The van der Waals surface area contributed by atoms with Gasteiger partial charge in [0, 0.05) is 29.6 Å². The zero-order chi connectivity index (χ0) is 23.2. The highest BCUT2D eigenvalue weighted by atomic mass is 32.2. The summed E-state index contributed by atoms with van der Waals surface area (Å²) in [5, 5.41) is 15.2. The third-order valence-corrected chi connectivity index (χ3v) is 5.95. The van der Waals surface area contributed by atoms with E-state index in [-0.39, 0.29) is 11.7 Å². The maximum Gasteiger partial charge on any atom is 0.321 e. The Kier molecular flexibility index (Phi) is 6.99. The van der Waals surface area contributed by atoms with Crippen molar-refractivity contribution in [1.82, 2.24) is 30.4 Å². The summed E-state index contributed by atoms with van der Waals surface area (Å²) in [6.07, 6.45) is 0. The quantitative estimate of drug-likeness (QED) is 0.402. The molecular formula is C24H24N6O2S. The lowest BCUT2D eigenvalue weighted by molar-refractivity contribution is -0.117. The van der Waals surface area contributed by atoms with E-state index in [4.69, 9.17) is 4.98 Å². The van der Waals surface area contributed by atoms with E-state index in [0.29, 0.717) is 24.1 Å². The molecule has 0 saturated heterocycles. The Bertz CT molecular complexity index is 1290. The molecule has 0 atom stereocenters. The van der Waals surface area contributed by atoms with Gasteiger partial charge in [0.15, 0.2) is 11.0 Å². The van der Waals surface area contributed by atoms with Gasteiger partial charge in [-0.25, -0.2) is 9.78 Å². The van der Waals surface area contributed by atoms with Gasteiger partial charge >= 0.3 is 6.03 Å². The summed E-state index contributed by atoms with van der Waals surface area (Å²) in [7, 11) is 0. The zero-order valence-corrected chi connectivity index (χ0v) is 19.2. The molecule has 8 nitrogen and oxygen atoms in total. The van der Waals surface area contributed by atoms with Crippen molar-refractivity contribution in [2.45, 2.75) is 25.5 Å². The predicted octanol–water partition coefficient (Wildman–Crippen LogP) is 4.12. The molecule has 0 unspecified atom stereocenters. The summed E-state index contributed by atoms with van der Waals surface area (Å²) in [4.78, 5) is 28.5. The van der Waals surface area contributed by atoms with Crippen LogP contribution in [0.5, 0.6) is 0 Å². The van der Waals surface area contributed by atoms with Crippen LogP contribution in [0.2, 0.25) is 0 Å². The second-order valence-corrected chi connectivity index (χ2v) is 8.13. The second kappa shape index (κ2) is 10.3. The normalized spacial score (nSPS) is 10.8. The lowest BCUT2D eigenvalue weighted by Crippen LogP contribution is -2.40. The summed E-state index contributed by atoms with van der Waals surface area (Å²) >= 11 is 1.24. The Balaban J connectivity index is 1.68. The van der Waals surface area contributed by atoms with Gasteiger partial charge in [-0.3, -0.25) is 10.1 Å². The topological polar surface area (TPSA) is 102 Å². The van der Waals surface area contributed by atoms with Crippen LogP contribution >= 0.6 is 11.8 Å². The fraction of sp³-hybridized carbons (Fsp3) is 0.208. The first kappa shape index (κ1) is 22.5. The number of rotatable bonds is 7. The molecule has 2 heterocycles. The Labute approximate surface area is 195 Å². The van der Waals surface area contributed by atoms with Crippen LogP contribution in [0.1, 0.15) is 13.8 Å². The van der Waals surface area contributed by atoms with Crippen molar-refractivity contribution in [3.05, 3.63) is 60.7 Å². The molecule has 2 aromatic carbocycles. The van der Waals surface area contributed by atoms with Gasteiger partial charge in [0.1, 0.15) is 0 Å². The number of para-hydroxylation sites is 1. The Morgan fingerprint density at radius 1 is 1.00 bits per heavy atom. The minimum Gasteiger partial charge on any atom is -0.338 e. The van der Waals surface area contributed by atoms with Gasteiger partial charge in [-0.1, -0.05) is 60.3 Å². The number of carbonyl (C=O) groups is 2. The molecule has 3 amide bonds. The third-order valence-electron chi connectivity index (χ3n) is 4.98. The number of benzene rings is 2. The molecular weight excluding hydrogens is 436 g/mol. The van der Waals surface area contributed by atoms with Crippen LogP contribution in [-0.2, 0) is 11.3 Å². The van der Waals surface area contributed by atoms with E-state index in [0.717, 1.165) is 27.7 Å². The zero-order valence-electron chi connectivity index (χ0n) is 18.4. The van der Waals surface area contributed by atoms with E-state index >= 15 is 0 Å². The molecule has 33 heavy (non-hydrogen) atoms. The number of fused-ring (bicyclic) bond motifs is 1. The molecule has 168 valence electrons. The number of pyridine rings is 1. The van der Waals surface area contributed by atoms with Crippen LogP contribution in [0.3, 0.4) is 0 Å². The van der Waals surface area contributed by atoms with Crippen molar-refractivity contribution < 1.29 is 9.59 Å². The third kappa shape index (κ3) is 5.04. The predicted molar refractivity (Wildman–Crippen MR) is 130 cm³/mol. The highest BCUT2D eigenvalue weighted by Crippen LogP contribution is 2.32. The summed E-state index contributed by atoms with van der Waals surface area (Å²) in [5.74, 6) is 0.375. The summed E-state index contributed by atoms with van der Waals surface area (Å²) in [6.45, 7) is 4.87. The first-order valence-corrected chi connectivity index (χ1v) is 11.7. The van der Waals surface area contributed by atoms with Gasteiger partial charge in [0.05, 0.1) is 17.0 Å². The fourth-order valence-corrected chi connectivity index (χ4v) is 4.30. The van der Waals surface area contributed by atoms with Crippen molar-refractivity contribution in [2.75, 3.05) is 12.3 Å². The number of amides is 3. The maximum atomic E-state index is 12.1. The number of carbonyl (C=O) groups excluding carboxylic acids is 2. The van der Waals surface area contributed by atoms with E-state index in [1.807, 2.05) is 72.2 Å². The summed E-state index contributed by atoms with van der Waals surface area (Å²) in [5.41, 5.74) is 3.66. The molecule has 0 fully saturated rings. The van der Waals surface area contributed by atoms with E-state index in [1.165, 1.54) is 11.8 Å². The molecule has 2 N–H and O–H groups in total. The van der Waals surface area contributed by atoms with Crippen LogP contribution in [0.4, 0.5) is 4.79 Å². The number of imide groups is 1. The number of hydrogen-bond acceptors (Lipinski definition) is 6. The lowest BCUT2D eigenvalue weighted by atomic mass is 10.0. The van der Waals surface area contributed by atoms with Crippen molar-refractivity contribution in [3.63, 3.8) is 0 Å². The summed E-state index contributed by atoms with van der Waals surface area (Å²) in [6, 6.07) is 19.5. The average Bonchev–Trinajstić information content (AvgIpc) is 3.25. The molecule has 2 aromatic heterocycles. The largest absolute Gasteiger partial charge is 0.338 e. The minimum absolute atomic E-state index is 0.0572. The Hall–Kier alpha value is -3.72. The van der Waals surface area contributed by atoms with Crippen molar-refractivity contribution >= 4 is 34.6 Å². The average molecular weight is 461 g/mol. The van der Waals surface area contributed by atoms with Crippen LogP contribution in [0.15, 0.2) is 65.8 Å². The first-order valence-electron chi connectivity index (χ1n) is 10.7. The molecule has 0 saturated carbocycles. The Morgan fingerprint density at radius 2 is 1.76 bits per heavy atom. The number of thioether (sulfide) groups is 1. The molecule has 0 bridgehead atoms. The molecule has 4 rings (SSSR count). The van der Waals surface area contributed by atoms with Crippen molar-refractivity contribution in [1.29, 1.82) is 0 Å². The van der Waals surface area contributed by atoms with Crippen molar-refractivity contribution in [2.24, 2.45) is 0 Å². The molecule has 0 aliphatic heterocycles. The van der Waals surface area contributed by atoms with Gasteiger partial charge in [0.25, 0.3) is 0 Å². The SMILES string of the molecule is CCNC(=O)NC(=O)CSc1nnc(-c2cc(-c3ccccc3)nc3ccccc23)n1CC. The van der Waals surface area contributed by atoms with E-state index in [1.54, 1.807) is 6.92 Å². The van der Waals surface area contributed by atoms with Crippen LogP contribution < -0.4 is 10.6 Å². The van der Waals surface area contributed by atoms with Gasteiger partial charge in [0.2, 0.25) is 5.91 Å². The molecule has 4 aromatic rings. The second-order valence-electron chi connectivity index (χ2n) is 7.18. The molecule has 0 aliphatic rings. The monoisotopic (exact) mass is 460 g/mol. The number of hydrogen-bond donors (Lipinski definition) is 2. The standard InChI is InChI=1S/C24H24N6O2S/c1-3-25-23(32)27-21(31)15-33-24-29-28-22(30(24)4-2)18-14-20(16-10-6-5-7-11-16)26-19-13-9-8-12-17(18)19/h5-14H,3-4,15H2,1-2H3,(H2,25,27,31,32).